The predicted molar refractivity (Wildman–Crippen MR) is 95.5 cm³/mol. The van der Waals surface area contributed by atoms with Crippen LogP contribution in [0.3, 0.4) is 0 Å². The van der Waals surface area contributed by atoms with Gasteiger partial charge in [0.25, 0.3) is 5.91 Å². The first-order chi connectivity index (χ1) is 11.4. The number of carbonyl (C=O) groups excluding carboxylic acids is 1. The van der Waals surface area contributed by atoms with Crippen LogP contribution in [0.25, 0.3) is 0 Å². The molecule has 0 aliphatic heterocycles. The maximum atomic E-state index is 12.3. The molecule has 1 aliphatic rings. The smallest absolute Gasteiger partial charge is 0.251 e. The van der Waals surface area contributed by atoms with Gasteiger partial charge in [-0.2, -0.15) is 0 Å². The third kappa shape index (κ3) is 5.31. The van der Waals surface area contributed by atoms with Gasteiger partial charge in [-0.1, -0.05) is 32.6 Å². The second-order valence-corrected chi connectivity index (χ2v) is 8.33. The standard InChI is InChI=1S/C18H28N2O3S/c1-3-14(2)20-24(22,23)17-12-10-15(11-13-17)18(21)19-16-8-6-4-5-7-9-16/h10-14,16,20H,3-9H2,1-2H3,(H,19,21)/t14-/m1/s1. The molecule has 0 heterocycles. The van der Waals surface area contributed by atoms with E-state index in [9.17, 15) is 13.2 Å². The van der Waals surface area contributed by atoms with Gasteiger partial charge in [0.15, 0.2) is 0 Å². The van der Waals surface area contributed by atoms with E-state index in [1.807, 2.05) is 13.8 Å². The summed E-state index contributed by atoms with van der Waals surface area (Å²) in [7, 11) is -3.53. The lowest BCUT2D eigenvalue weighted by atomic mass is 10.1. The number of carbonyl (C=O) groups is 1. The van der Waals surface area contributed by atoms with Crippen LogP contribution in [0.4, 0.5) is 0 Å². The minimum absolute atomic E-state index is 0.117. The summed E-state index contributed by atoms with van der Waals surface area (Å²) in [6.07, 6.45) is 7.56. The second-order valence-electron chi connectivity index (χ2n) is 6.62. The topological polar surface area (TPSA) is 75.3 Å². The molecule has 0 bridgehead atoms. The Labute approximate surface area is 145 Å². The van der Waals surface area contributed by atoms with Gasteiger partial charge in [0.05, 0.1) is 4.90 Å². The summed E-state index contributed by atoms with van der Waals surface area (Å²) in [5.41, 5.74) is 0.502. The lowest BCUT2D eigenvalue weighted by Gasteiger charge is -2.16. The van der Waals surface area contributed by atoms with Gasteiger partial charge in [-0.15, -0.1) is 0 Å². The lowest BCUT2D eigenvalue weighted by Crippen LogP contribution is -2.34. The zero-order valence-corrected chi connectivity index (χ0v) is 15.4. The average molecular weight is 353 g/mol. The first kappa shape index (κ1) is 18.9. The monoisotopic (exact) mass is 352 g/mol. The van der Waals surface area contributed by atoms with E-state index in [0.717, 1.165) is 32.1 Å². The van der Waals surface area contributed by atoms with Gasteiger partial charge in [-0.25, -0.2) is 13.1 Å². The molecular formula is C18H28N2O3S. The van der Waals surface area contributed by atoms with Crippen LogP contribution in [-0.2, 0) is 10.0 Å². The minimum Gasteiger partial charge on any atom is -0.349 e. The molecule has 24 heavy (non-hydrogen) atoms. The van der Waals surface area contributed by atoms with Crippen molar-refractivity contribution in [2.24, 2.45) is 0 Å². The molecule has 0 radical (unpaired) electrons. The summed E-state index contributed by atoms with van der Waals surface area (Å²) < 4.78 is 27.1. The number of hydrogen-bond donors (Lipinski definition) is 2. The second kappa shape index (κ2) is 8.62. The molecule has 1 fully saturated rings. The lowest BCUT2D eigenvalue weighted by molar-refractivity contribution is 0.0933. The Kier molecular flexibility index (Phi) is 6.80. The van der Waals surface area contributed by atoms with Gasteiger partial charge in [-0.3, -0.25) is 4.79 Å². The van der Waals surface area contributed by atoms with Crippen molar-refractivity contribution in [2.75, 3.05) is 0 Å². The molecule has 0 aromatic heterocycles. The molecule has 0 saturated heterocycles. The van der Waals surface area contributed by atoms with Crippen molar-refractivity contribution in [3.8, 4) is 0 Å². The van der Waals surface area contributed by atoms with Crippen molar-refractivity contribution in [1.29, 1.82) is 0 Å². The molecule has 6 heteroatoms. The quantitative estimate of drug-likeness (QED) is 0.772. The third-order valence-electron chi connectivity index (χ3n) is 4.59. The van der Waals surface area contributed by atoms with Crippen LogP contribution in [0.5, 0.6) is 0 Å². The number of nitrogens with one attached hydrogen (secondary N) is 2. The zero-order valence-electron chi connectivity index (χ0n) is 14.5. The van der Waals surface area contributed by atoms with Gasteiger partial charge >= 0.3 is 0 Å². The van der Waals surface area contributed by atoms with Crippen molar-refractivity contribution in [3.05, 3.63) is 29.8 Å². The molecule has 1 atom stereocenters. The van der Waals surface area contributed by atoms with E-state index in [2.05, 4.69) is 10.0 Å². The summed E-state index contributed by atoms with van der Waals surface area (Å²) >= 11 is 0. The van der Waals surface area contributed by atoms with E-state index in [-0.39, 0.29) is 22.9 Å². The number of benzene rings is 1. The average Bonchev–Trinajstić information content (AvgIpc) is 2.83. The van der Waals surface area contributed by atoms with Crippen molar-refractivity contribution in [2.45, 2.75) is 75.8 Å². The Balaban J connectivity index is 2.01. The molecule has 1 aliphatic carbocycles. The van der Waals surface area contributed by atoms with Crippen LogP contribution in [0.15, 0.2) is 29.2 Å². The highest BCUT2D eigenvalue weighted by molar-refractivity contribution is 7.89. The maximum Gasteiger partial charge on any atom is 0.251 e. The van der Waals surface area contributed by atoms with Crippen LogP contribution in [-0.4, -0.2) is 26.4 Å². The highest BCUT2D eigenvalue weighted by atomic mass is 32.2. The normalized spacial score (nSPS) is 17.9. The zero-order chi connectivity index (χ0) is 17.6. The van der Waals surface area contributed by atoms with E-state index in [1.165, 1.54) is 25.0 Å². The minimum atomic E-state index is -3.53. The molecule has 0 spiro atoms. The van der Waals surface area contributed by atoms with E-state index in [0.29, 0.717) is 5.56 Å². The maximum absolute atomic E-state index is 12.3. The summed E-state index contributed by atoms with van der Waals surface area (Å²) in [5, 5.41) is 3.07. The number of hydrogen-bond acceptors (Lipinski definition) is 3. The largest absolute Gasteiger partial charge is 0.349 e. The molecule has 2 rings (SSSR count). The Hall–Kier alpha value is -1.40. The van der Waals surface area contributed by atoms with Crippen molar-refractivity contribution < 1.29 is 13.2 Å². The van der Waals surface area contributed by atoms with Gasteiger partial charge in [0.1, 0.15) is 0 Å². The van der Waals surface area contributed by atoms with E-state index in [1.54, 1.807) is 12.1 Å². The molecule has 1 saturated carbocycles. The molecular weight excluding hydrogens is 324 g/mol. The van der Waals surface area contributed by atoms with Gasteiger partial charge in [0, 0.05) is 17.6 Å². The first-order valence-electron chi connectivity index (χ1n) is 8.85. The van der Waals surface area contributed by atoms with Gasteiger partial charge in [0.2, 0.25) is 10.0 Å². The summed E-state index contributed by atoms with van der Waals surface area (Å²) in [6.45, 7) is 3.75. The fourth-order valence-corrected chi connectivity index (χ4v) is 4.22. The Morgan fingerprint density at radius 3 is 2.25 bits per heavy atom. The van der Waals surface area contributed by atoms with E-state index in [4.69, 9.17) is 0 Å². The van der Waals surface area contributed by atoms with E-state index < -0.39 is 10.0 Å². The summed E-state index contributed by atoms with van der Waals surface area (Å²) in [6, 6.07) is 6.26. The number of rotatable bonds is 6. The molecule has 2 N–H and O–H groups in total. The molecule has 5 nitrogen and oxygen atoms in total. The van der Waals surface area contributed by atoms with Crippen molar-refractivity contribution >= 4 is 15.9 Å². The summed E-state index contributed by atoms with van der Waals surface area (Å²) in [5.74, 6) is -0.124. The molecule has 1 aromatic rings. The first-order valence-corrected chi connectivity index (χ1v) is 10.3. The van der Waals surface area contributed by atoms with E-state index >= 15 is 0 Å². The SMILES string of the molecule is CC[C@@H](C)NS(=O)(=O)c1ccc(C(=O)NC2CCCCCC2)cc1. The predicted octanol–water partition coefficient (Wildman–Crippen LogP) is 3.22. The van der Waals surface area contributed by atoms with Crippen LogP contribution in [0.2, 0.25) is 0 Å². The van der Waals surface area contributed by atoms with Crippen LogP contribution < -0.4 is 10.0 Å². The van der Waals surface area contributed by atoms with Crippen LogP contribution in [0.1, 0.15) is 69.2 Å². The highest BCUT2D eigenvalue weighted by Crippen LogP contribution is 2.18. The van der Waals surface area contributed by atoms with Crippen LogP contribution in [0, 0.1) is 0 Å². The number of sulfonamides is 1. The number of amides is 1. The van der Waals surface area contributed by atoms with Crippen LogP contribution >= 0.6 is 0 Å². The summed E-state index contributed by atoms with van der Waals surface area (Å²) in [4.78, 5) is 12.5. The third-order valence-corrected chi connectivity index (χ3v) is 6.19. The fraction of sp³-hybridized carbons (Fsp3) is 0.611. The molecule has 1 aromatic carbocycles. The Morgan fingerprint density at radius 1 is 1.12 bits per heavy atom. The Morgan fingerprint density at radius 2 is 1.71 bits per heavy atom. The van der Waals surface area contributed by atoms with Crippen molar-refractivity contribution in [1.82, 2.24) is 10.0 Å². The Bertz CT molecular complexity index is 633. The van der Waals surface area contributed by atoms with Gasteiger partial charge < -0.3 is 5.32 Å². The molecule has 134 valence electrons. The molecule has 1 amide bonds. The fourth-order valence-electron chi connectivity index (χ4n) is 2.89. The highest BCUT2D eigenvalue weighted by Gasteiger charge is 2.19. The van der Waals surface area contributed by atoms with Gasteiger partial charge in [-0.05, 0) is 50.5 Å². The van der Waals surface area contributed by atoms with Crippen molar-refractivity contribution in [3.63, 3.8) is 0 Å². The molecule has 0 unspecified atom stereocenters.